The van der Waals surface area contributed by atoms with Crippen LogP contribution in [0.5, 0.6) is 0 Å². The predicted molar refractivity (Wildman–Crippen MR) is 75.2 cm³/mol. The number of nitrogens with zero attached hydrogens (tertiary/aromatic N) is 1. The zero-order valence-corrected chi connectivity index (χ0v) is 12.7. The summed E-state index contributed by atoms with van der Waals surface area (Å²) in [5, 5.41) is 0.113. The quantitative estimate of drug-likeness (QED) is 0.664. The molecule has 0 aliphatic heterocycles. The Hall–Kier alpha value is -0.920. The Morgan fingerprint density at radius 1 is 1.37 bits per heavy atom. The van der Waals surface area contributed by atoms with E-state index in [1.807, 2.05) is 20.8 Å². The van der Waals surface area contributed by atoms with Crippen LogP contribution in [0.2, 0.25) is 0 Å². The van der Waals surface area contributed by atoms with Crippen molar-refractivity contribution in [3.63, 3.8) is 0 Å². The molecule has 1 aromatic heterocycles. The van der Waals surface area contributed by atoms with E-state index in [0.717, 1.165) is 12.8 Å². The summed E-state index contributed by atoms with van der Waals surface area (Å²) in [6.45, 7) is 6.77. The van der Waals surface area contributed by atoms with E-state index in [4.69, 9.17) is 5.73 Å². The van der Waals surface area contributed by atoms with Crippen LogP contribution in [0.1, 0.15) is 39.4 Å². The second-order valence-electron chi connectivity index (χ2n) is 4.78. The maximum Gasteiger partial charge on any atom is 0.257 e. The molecule has 0 saturated heterocycles. The van der Waals surface area contributed by atoms with E-state index in [1.54, 1.807) is 0 Å². The third kappa shape index (κ3) is 3.77. The second kappa shape index (κ2) is 6.49. The van der Waals surface area contributed by atoms with Crippen LogP contribution >= 0.6 is 0 Å². The Morgan fingerprint density at radius 3 is 2.42 bits per heavy atom. The fourth-order valence-corrected chi connectivity index (χ4v) is 2.94. The first-order chi connectivity index (χ1) is 8.93. The van der Waals surface area contributed by atoms with E-state index in [-0.39, 0.29) is 10.4 Å². The van der Waals surface area contributed by atoms with E-state index >= 15 is 0 Å². The van der Waals surface area contributed by atoms with E-state index in [2.05, 4.69) is 14.7 Å². The fourth-order valence-electron chi connectivity index (χ4n) is 1.85. The van der Waals surface area contributed by atoms with Gasteiger partial charge in [-0.15, -0.1) is 0 Å². The molecule has 0 bridgehead atoms. The zero-order chi connectivity index (χ0) is 14.5. The van der Waals surface area contributed by atoms with Crippen LogP contribution in [0.4, 0.5) is 0 Å². The molecule has 0 unspecified atom stereocenters. The predicted octanol–water partition coefficient (Wildman–Crippen LogP) is 1.02. The standard InChI is InChI=1S/C12H24N4O2S/c1-4-10-14-7-11(16-10)19(17,18)15-9-12(5-2,6-3)8-13/h7,15H,4-6,8-9,13H2,1-3H3,(H,14,16). The zero-order valence-electron chi connectivity index (χ0n) is 11.9. The fraction of sp³-hybridized carbons (Fsp3) is 0.750. The molecule has 0 fully saturated rings. The SMILES string of the molecule is CCc1ncc(S(=O)(=O)NCC(CC)(CC)CN)[nH]1. The van der Waals surface area contributed by atoms with Gasteiger partial charge >= 0.3 is 0 Å². The molecule has 1 rings (SSSR count). The number of H-pyrrole nitrogens is 1. The van der Waals surface area contributed by atoms with Gasteiger partial charge in [-0.1, -0.05) is 20.8 Å². The number of rotatable bonds is 8. The van der Waals surface area contributed by atoms with Gasteiger partial charge in [0.15, 0.2) is 5.03 Å². The van der Waals surface area contributed by atoms with E-state index in [1.165, 1.54) is 6.20 Å². The van der Waals surface area contributed by atoms with Gasteiger partial charge in [-0.05, 0) is 24.8 Å². The van der Waals surface area contributed by atoms with Gasteiger partial charge in [-0.3, -0.25) is 0 Å². The highest BCUT2D eigenvalue weighted by molar-refractivity contribution is 7.89. The van der Waals surface area contributed by atoms with Crippen molar-refractivity contribution < 1.29 is 8.42 Å². The third-order valence-corrected chi connectivity index (χ3v) is 5.11. The van der Waals surface area contributed by atoms with Gasteiger partial charge in [-0.2, -0.15) is 0 Å². The van der Waals surface area contributed by atoms with Crippen LogP contribution in [0.15, 0.2) is 11.2 Å². The summed E-state index contributed by atoms with van der Waals surface area (Å²) in [4.78, 5) is 6.81. The number of aromatic amines is 1. The van der Waals surface area contributed by atoms with Crippen LogP contribution in [0.25, 0.3) is 0 Å². The van der Waals surface area contributed by atoms with Crippen molar-refractivity contribution in [3.05, 3.63) is 12.0 Å². The molecule has 7 heteroatoms. The molecule has 110 valence electrons. The molecule has 1 heterocycles. The van der Waals surface area contributed by atoms with Crippen molar-refractivity contribution in [2.24, 2.45) is 11.1 Å². The number of sulfonamides is 1. The van der Waals surface area contributed by atoms with Gasteiger partial charge in [0.25, 0.3) is 10.0 Å². The maximum atomic E-state index is 12.1. The first-order valence-electron chi connectivity index (χ1n) is 6.66. The second-order valence-corrected chi connectivity index (χ2v) is 6.52. The highest BCUT2D eigenvalue weighted by atomic mass is 32.2. The molecule has 4 N–H and O–H groups in total. The molecule has 0 saturated carbocycles. The number of nitrogens with two attached hydrogens (primary N) is 1. The molecule has 0 aliphatic rings. The Labute approximate surface area is 115 Å². The Bertz CT molecular complexity index is 483. The molecule has 1 aromatic rings. The Kier molecular flexibility index (Phi) is 5.51. The van der Waals surface area contributed by atoms with Crippen LogP contribution in [0, 0.1) is 5.41 Å². The van der Waals surface area contributed by atoms with E-state index < -0.39 is 10.0 Å². The normalized spacial score (nSPS) is 12.8. The Morgan fingerprint density at radius 2 is 2.00 bits per heavy atom. The average Bonchev–Trinajstić information content (AvgIpc) is 2.90. The number of nitrogens with one attached hydrogen (secondary N) is 2. The minimum absolute atomic E-state index is 0.113. The average molecular weight is 288 g/mol. The number of aryl methyl sites for hydroxylation is 1. The Balaban J connectivity index is 2.80. The topological polar surface area (TPSA) is 101 Å². The van der Waals surface area contributed by atoms with Gasteiger partial charge in [0.05, 0.1) is 6.20 Å². The number of imidazole rings is 1. The van der Waals surface area contributed by atoms with Crippen molar-refractivity contribution in [1.29, 1.82) is 0 Å². The summed E-state index contributed by atoms with van der Waals surface area (Å²) >= 11 is 0. The molecule has 0 atom stereocenters. The minimum atomic E-state index is -3.54. The lowest BCUT2D eigenvalue weighted by Gasteiger charge is -2.29. The van der Waals surface area contributed by atoms with Crippen LogP contribution in [-0.4, -0.2) is 31.5 Å². The first kappa shape index (κ1) is 16.1. The largest absolute Gasteiger partial charge is 0.332 e. The maximum absolute atomic E-state index is 12.1. The summed E-state index contributed by atoms with van der Waals surface area (Å²) in [5.74, 6) is 0.663. The molecular weight excluding hydrogens is 264 g/mol. The lowest BCUT2D eigenvalue weighted by atomic mass is 9.83. The number of hydrogen-bond acceptors (Lipinski definition) is 4. The third-order valence-electron chi connectivity index (χ3n) is 3.80. The van der Waals surface area contributed by atoms with Gasteiger partial charge in [0.1, 0.15) is 5.82 Å². The molecular formula is C12H24N4O2S. The number of hydrogen-bond donors (Lipinski definition) is 3. The molecule has 6 nitrogen and oxygen atoms in total. The summed E-state index contributed by atoms with van der Waals surface area (Å²) in [6, 6.07) is 0. The molecule has 0 aromatic carbocycles. The summed E-state index contributed by atoms with van der Waals surface area (Å²) in [5.41, 5.74) is 5.59. The van der Waals surface area contributed by atoms with Gasteiger partial charge in [-0.25, -0.2) is 18.1 Å². The highest BCUT2D eigenvalue weighted by Gasteiger charge is 2.27. The molecule has 19 heavy (non-hydrogen) atoms. The van der Waals surface area contributed by atoms with Gasteiger partial charge < -0.3 is 10.7 Å². The molecule has 0 spiro atoms. The lowest BCUT2D eigenvalue weighted by Crippen LogP contribution is -2.41. The van der Waals surface area contributed by atoms with Crippen molar-refractivity contribution in [2.45, 2.75) is 45.1 Å². The van der Waals surface area contributed by atoms with Crippen LogP contribution in [-0.2, 0) is 16.4 Å². The van der Waals surface area contributed by atoms with Crippen LogP contribution < -0.4 is 10.5 Å². The molecule has 0 radical (unpaired) electrons. The van der Waals surface area contributed by atoms with Crippen LogP contribution in [0.3, 0.4) is 0 Å². The summed E-state index contributed by atoms with van der Waals surface area (Å²) in [6.07, 6.45) is 3.70. The summed E-state index contributed by atoms with van der Waals surface area (Å²) in [7, 11) is -3.54. The molecule has 0 amide bonds. The van der Waals surface area contributed by atoms with Crippen molar-refractivity contribution in [2.75, 3.05) is 13.1 Å². The van der Waals surface area contributed by atoms with E-state index in [0.29, 0.717) is 25.3 Å². The lowest BCUT2D eigenvalue weighted by molar-refractivity contribution is 0.275. The van der Waals surface area contributed by atoms with Crippen molar-refractivity contribution >= 4 is 10.0 Å². The number of aromatic nitrogens is 2. The molecule has 0 aliphatic carbocycles. The highest BCUT2D eigenvalue weighted by Crippen LogP contribution is 2.24. The monoisotopic (exact) mass is 288 g/mol. The summed E-state index contributed by atoms with van der Waals surface area (Å²) < 4.78 is 26.9. The van der Waals surface area contributed by atoms with Gasteiger partial charge in [0.2, 0.25) is 0 Å². The van der Waals surface area contributed by atoms with Crippen molar-refractivity contribution in [3.8, 4) is 0 Å². The van der Waals surface area contributed by atoms with Gasteiger partial charge in [0, 0.05) is 13.0 Å². The van der Waals surface area contributed by atoms with E-state index in [9.17, 15) is 8.42 Å². The smallest absolute Gasteiger partial charge is 0.257 e. The first-order valence-corrected chi connectivity index (χ1v) is 8.15. The minimum Gasteiger partial charge on any atom is -0.332 e. The van der Waals surface area contributed by atoms with Crippen molar-refractivity contribution in [1.82, 2.24) is 14.7 Å².